The van der Waals surface area contributed by atoms with E-state index in [1.807, 2.05) is 0 Å². The lowest BCUT2D eigenvalue weighted by Crippen LogP contribution is -2.24. The van der Waals surface area contributed by atoms with Gasteiger partial charge in [-0.05, 0) is 51.2 Å². The van der Waals surface area contributed by atoms with Crippen LogP contribution in [0.5, 0.6) is 0 Å². The van der Waals surface area contributed by atoms with E-state index in [-0.39, 0.29) is 0 Å². The summed E-state index contributed by atoms with van der Waals surface area (Å²) < 4.78 is 27.9. The monoisotopic (exact) mass is 390 g/mol. The summed E-state index contributed by atoms with van der Waals surface area (Å²) in [4.78, 5) is 0. The highest BCUT2D eigenvalue weighted by atomic mass is 79.9. The third-order valence-corrected chi connectivity index (χ3v) is 7.63. The molecule has 1 heterocycles. The molecule has 0 radical (unpaired) electrons. The van der Waals surface area contributed by atoms with E-state index in [4.69, 9.17) is 5.73 Å². The van der Waals surface area contributed by atoms with E-state index in [0.29, 0.717) is 21.8 Å². The molecule has 1 aromatic rings. The zero-order valence-corrected chi connectivity index (χ0v) is 13.2. The molecule has 0 saturated heterocycles. The Morgan fingerprint density at radius 2 is 2.06 bits per heavy atom. The maximum absolute atomic E-state index is 11.8. The maximum atomic E-state index is 11.8. The van der Waals surface area contributed by atoms with Crippen molar-refractivity contribution in [3.8, 4) is 0 Å². The van der Waals surface area contributed by atoms with Gasteiger partial charge in [0.15, 0.2) is 0 Å². The second kappa shape index (κ2) is 6.46. The molecule has 0 aliphatic carbocycles. The molecule has 1 aromatic heterocycles. The number of halogens is 2. The fourth-order valence-corrected chi connectivity index (χ4v) is 5.22. The number of nitrogens with one attached hydrogen (secondary N) is 1. The zero-order chi connectivity index (χ0) is 12.2. The van der Waals surface area contributed by atoms with Crippen LogP contribution < -0.4 is 10.5 Å². The fourth-order valence-electron chi connectivity index (χ4n) is 1.03. The van der Waals surface area contributed by atoms with E-state index in [1.54, 1.807) is 5.38 Å². The number of hydrogen-bond donors (Lipinski definition) is 2. The van der Waals surface area contributed by atoms with Crippen molar-refractivity contribution in [3.05, 3.63) is 14.3 Å². The molecule has 0 unspecified atom stereocenters. The van der Waals surface area contributed by atoms with Gasteiger partial charge in [-0.1, -0.05) is 0 Å². The Morgan fingerprint density at radius 3 is 2.56 bits per heavy atom. The summed E-state index contributed by atoms with van der Waals surface area (Å²) >= 11 is 7.67. The van der Waals surface area contributed by atoms with Crippen LogP contribution in [-0.4, -0.2) is 21.5 Å². The van der Waals surface area contributed by atoms with Gasteiger partial charge < -0.3 is 5.73 Å². The third-order valence-electron chi connectivity index (χ3n) is 1.83. The molecule has 0 saturated carbocycles. The summed E-state index contributed by atoms with van der Waals surface area (Å²) in [7, 11) is -3.40. The third kappa shape index (κ3) is 3.78. The standard InChI is InChI=1S/C8H12Br2N2O2S2/c9-6-5-15-8(7(6)10)16(13,14)12-4-2-1-3-11/h5,12H,1-4,11H2. The molecule has 0 atom stereocenters. The van der Waals surface area contributed by atoms with Gasteiger partial charge in [-0.3, -0.25) is 0 Å². The Hall–Kier alpha value is 0.530. The van der Waals surface area contributed by atoms with Crippen LogP contribution in [-0.2, 0) is 10.0 Å². The zero-order valence-electron chi connectivity index (χ0n) is 8.37. The first kappa shape index (κ1) is 14.6. The summed E-state index contributed by atoms with van der Waals surface area (Å²) in [5.41, 5.74) is 5.33. The van der Waals surface area contributed by atoms with Crippen LogP contribution >= 0.6 is 43.2 Å². The van der Waals surface area contributed by atoms with Crippen molar-refractivity contribution in [2.24, 2.45) is 5.73 Å². The molecular weight excluding hydrogens is 380 g/mol. The van der Waals surface area contributed by atoms with Crippen LogP contribution in [0.4, 0.5) is 0 Å². The number of hydrogen-bond acceptors (Lipinski definition) is 4. The quantitative estimate of drug-likeness (QED) is 0.730. The van der Waals surface area contributed by atoms with Gasteiger partial charge in [-0.2, -0.15) is 0 Å². The highest BCUT2D eigenvalue weighted by Crippen LogP contribution is 2.35. The average molecular weight is 392 g/mol. The molecule has 8 heteroatoms. The van der Waals surface area contributed by atoms with Crippen LogP contribution in [0.1, 0.15) is 12.8 Å². The van der Waals surface area contributed by atoms with Crippen molar-refractivity contribution in [2.45, 2.75) is 17.1 Å². The average Bonchev–Trinajstić information content (AvgIpc) is 2.55. The van der Waals surface area contributed by atoms with Gasteiger partial charge in [0.25, 0.3) is 10.0 Å². The minimum absolute atomic E-state index is 0.298. The molecule has 0 aromatic carbocycles. The summed E-state index contributed by atoms with van der Waals surface area (Å²) in [5.74, 6) is 0. The highest BCUT2D eigenvalue weighted by molar-refractivity contribution is 9.13. The first-order valence-electron chi connectivity index (χ1n) is 4.61. The van der Waals surface area contributed by atoms with Crippen LogP contribution in [0.15, 0.2) is 18.5 Å². The summed E-state index contributed by atoms with van der Waals surface area (Å²) in [5, 5.41) is 1.73. The Balaban J connectivity index is 2.68. The number of nitrogens with two attached hydrogens (primary N) is 1. The van der Waals surface area contributed by atoms with Gasteiger partial charge in [0.05, 0.1) is 4.47 Å². The van der Waals surface area contributed by atoms with E-state index in [9.17, 15) is 8.42 Å². The van der Waals surface area contributed by atoms with Crippen molar-refractivity contribution in [3.63, 3.8) is 0 Å². The molecule has 3 N–H and O–H groups in total. The van der Waals surface area contributed by atoms with Gasteiger partial charge in [-0.15, -0.1) is 11.3 Å². The van der Waals surface area contributed by atoms with Crippen LogP contribution in [0.25, 0.3) is 0 Å². The molecule has 0 amide bonds. The van der Waals surface area contributed by atoms with Crippen molar-refractivity contribution >= 4 is 53.2 Å². The molecule has 0 aliphatic rings. The Kier molecular flexibility index (Phi) is 5.89. The van der Waals surface area contributed by atoms with Gasteiger partial charge >= 0.3 is 0 Å². The molecule has 4 nitrogen and oxygen atoms in total. The number of rotatable bonds is 6. The second-order valence-electron chi connectivity index (χ2n) is 3.08. The van der Waals surface area contributed by atoms with E-state index in [1.165, 1.54) is 11.3 Å². The molecule has 0 spiro atoms. The predicted octanol–water partition coefficient (Wildman–Crippen LogP) is 2.29. The van der Waals surface area contributed by atoms with Crippen molar-refractivity contribution in [1.82, 2.24) is 4.72 Å². The van der Waals surface area contributed by atoms with Crippen LogP contribution in [0.2, 0.25) is 0 Å². The first-order chi connectivity index (χ1) is 7.49. The summed E-state index contributed by atoms with van der Waals surface area (Å²) in [6, 6.07) is 0. The van der Waals surface area contributed by atoms with Crippen molar-refractivity contribution < 1.29 is 8.42 Å². The molecule has 16 heavy (non-hydrogen) atoms. The van der Waals surface area contributed by atoms with E-state index >= 15 is 0 Å². The molecule has 0 fully saturated rings. The predicted molar refractivity (Wildman–Crippen MR) is 73.2 cm³/mol. The molecular formula is C8H12Br2N2O2S2. The number of thiophene rings is 1. The number of sulfonamides is 1. The molecule has 1 rings (SSSR count). The lowest BCUT2D eigenvalue weighted by molar-refractivity contribution is 0.579. The van der Waals surface area contributed by atoms with E-state index in [2.05, 4.69) is 36.6 Å². The molecule has 0 aliphatic heterocycles. The lowest BCUT2D eigenvalue weighted by Gasteiger charge is -2.04. The normalized spacial score (nSPS) is 11.9. The highest BCUT2D eigenvalue weighted by Gasteiger charge is 2.20. The smallest absolute Gasteiger partial charge is 0.251 e. The van der Waals surface area contributed by atoms with Gasteiger partial charge in [0.1, 0.15) is 4.21 Å². The Morgan fingerprint density at radius 1 is 1.38 bits per heavy atom. The fraction of sp³-hybridized carbons (Fsp3) is 0.500. The number of unbranched alkanes of at least 4 members (excludes halogenated alkanes) is 1. The van der Waals surface area contributed by atoms with E-state index in [0.717, 1.165) is 17.3 Å². The van der Waals surface area contributed by atoms with Gasteiger partial charge in [0.2, 0.25) is 0 Å². The van der Waals surface area contributed by atoms with Gasteiger partial charge in [-0.25, -0.2) is 13.1 Å². The second-order valence-corrected chi connectivity index (χ2v) is 7.57. The van der Waals surface area contributed by atoms with Crippen molar-refractivity contribution in [2.75, 3.05) is 13.1 Å². The Bertz CT molecular complexity index is 445. The van der Waals surface area contributed by atoms with E-state index < -0.39 is 10.0 Å². The summed E-state index contributed by atoms with van der Waals surface area (Å²) in [6.07, 6.45) is 1.57. The largest absolute Gasteiger partial charge is 0.330 e. The molecule has 92 valence electrons. The SMILES string of the molecule is NCCCCNS(=O)(=O)c1scc(Br)c1Br. The maximum Gasteiger partial charge on any atom is 0.251 e. The topological polar surface area (TPSA) is 72.2 Å². The van der Waals surface area contributed by atoms with Crippen LogP contribution in [0.3, 0.4) is 0 Å². The van der Waals surface area contributed by atoms with Gasteiger partial charge in [0, 0.05) is 16.4 Å². The first-order valence-corrected chi connectivity index (χ1v) is 8.56. The van der Waals surface area contributed by atoms with Crippen molar-refractivity contribution in [1.29, 1.82) is 0 Å². The minimum Gasteiger partial charge on any atom is -0.330 e. The Labute approximate surface area is 116 Å². The lowest BCUT2D eigenvalue weighted by atomic mass is 10.3. The summed E-state index contributed by atoms with van der Waals surface area (Å²) in [6.45, 7) is 0.997. The molecule has 0 bridgehead atoms. The van der Waals surface area contributed by atoms with Crippen LogP contribution in [0, 0.1) is 0 Å². The minimum atomic E-state index is -3.40.